The fourth-order valence-electron chi connectivity index (χ4n) is 2.64. The molecule has 0 bridgehead atoms. The molecule has 0 radical (unpaired) electrons. The molecule has 0 spiro atoms. The van der Waals surface area contributed by atoms with E-state index in [2.05, 4.69) is 4.90 Å². The van der Waals surface area contributed by atoms with Gasteiger partial charge in [0.25, 0.3) is 0 Å². The van der Waals surface area contributed by atoms with Gasteiger partial charge in [-0.2, -0.15) is 0 Å². The van der Waals surface area contributed by atoms with Gasteiger partial charge in [0.15, 0.2) is 0 Å². The molecule has 18 heavy (non-hydrogen) atoms. The predicted molar refractivity (Wildman–Crippen MR) is 72.3 cm³/mol. The number of nitrogens with zero attached hydrogens (tertiary/aromatic N) is 1. The van der Waals surface area contributed by atoms with Gasteiger partial charge in [0.1, 0.15) is 5.82 Å². The van der Waals surface area contributed by atoms with Crippen molar-refractivity contribution < 1.29 is 9.50 Å². The third-order valence-electron chi connectivity index (χ3n) is 3.64. The van der Waals surface area contributed by atoms with E-state index in [1.54, 1.807) is 13.0 Å². The highest BCUT2D eigenvalue weighted by molar-refractivity contribution is 5.54. The van der Waals surface area contributed by atoms with Gasteiger partial charge in [0, 0.05) is 24.3 Å². The SMILES string of the molecule is C[C@@H](O)c1cc(F)ccc1N1CCCCCCC1. The first-order valence-electron chi connectivity index (χ1n) is 6.91. The van der Waals surface area contributed by atoms with Crippen molar-refractivity contribution in [2.45, 2.75) is 45.1 Å². The number of rotatable bonds is 2. The van der Waals surface area contributed by atoms with E-state index in [4.69, 9.17) is 0 Å². The van der Waals surface area contributed by atoms with Crippen LogP contribution in [0.1, 0.15) is 50.7 Å². The summed E-state index contributed by atoms with van der Waals surface area (Å²) in [5.74, 6) is -0.276. The Balaban J connectivity index is 2.24. The van der Waals surface area contributed by atoms with Gasteiger partial charge >= 0.3 is 0 Å². The number of hydrogen-bond acceptors (Lipinski definition) is 2. The van der Waals surface area contributed by atoms with Crippen LogP contribution in [0.3, 0.4) is 0 Å². The van der Waals surface area contributed by atoms with Crippen molar-refractivity contribution in [2.75, 3.05) is 18.0 Å². The lowest BCUT2D eigenvalue weighted by Gasteiger charge is -2.29. The maximum Gasteiger partial charge on any atom is 0.123 e. The summed E-state index contributed by atoms with van der Waals surface area (Å²) in [4.78, 5) is 2.29. The van der Waals surface area contributed by atoms with Crippen molar-refractivity contribution in [2.24, 2.45) is 0 Å². The summed E-state index contributed by atoms with van der Waals surface area (Å²) >= 11 is 0. The van der Waals surface area contributed by atoms with Gasteiger partial charge < -0.3 is 10.0 Å². The van der Waals surface area contributed by atoms with E-state index < -0.39 is 6.10 Å². The van der Waals surface area contributed by atoms with Crippen LogP contribution in [-0.2, 0) is 0 Å². The quantitative estimate of drug-likeness (QED) is 0.867. The fraction of sp³-hybridized carbons (Fsp3) is 0.600. The van der Waals surface area contributed by atoms with E-state index in [0.717, 1.165) is 18.8 Å². The minimum atomic E-state index is -0.624. The molecule has 0 aliphatic carbocycles. The molecule has 1 aromatic carbocycles. The third-order valence-corrected chi connectivity index (χ3v) is 3.64. The van der Waals surface area contributed by atoms with E-state index in [9.17, 15) is 9.50 Å². The Bertz CT molecular complexity index is 384. The smallest absolute Gasteiger partial charge is 0.123 e. The van der Waals surface area contributed by atoms with Gasteiger partial charge in [-0.3, -0.25) is 0 Å². The largest absolute Gasteiger partial charge is 0.389 e. The molecule has 0 amide bonds. The fourth-order valence-corrected chi connectivity index (χ4v) is 2.64. The summed E-state index contributed by atoms with van der Waals surface area (Å²) in [7, 11) is 0. The zero-order valence-corrected chi connectivity index (χ0v) is 11.0. The number of anilines is 1. The highest BCUT2D eigenvalue weighted by Gasteiger charge is 2.16. The molecule has 1 aromatic rings. The molecule has 1 aliphatic heterocycles. The maximum absolute atomic E-state index is 13.3. The van der Waals surface area contributed by atoms with Crippen LogP contribution in [0.15, 0.2) is 18.2 Å². The second-order valence-electron chi connectivity index (χ2n) is 5.13. The van der Waals surface area contributed by atoms with Gasteiger partial charge in [-0.15, -0.1) is 0 Å². The zero-order valence-electron chi connectivity index (χ0n) is 11.0. The first-order chi connectivity index (χ1) is 8.68. The molecule has 100 valence electrons. The topological polar surface area (TPSA) is 23.5 Å². The zero-order chi connectivity index (χ0) is 13.0. The Hall–Kier alpha value is -1.09. The molecular weight excluding hydrogens is 229 g/mol. The van der Waals surface area contributed by atoms with E-state index in [-0.39, 0.29) is 5.82 Å². The molecule has 1 saturated heterocycles. The van der Waals surface area contributed by atoms with Crippen molar-refractivity contribution in [1.29, 1.82) is 0 Å². The van der Waals surface area contributed by atoms with Crippen molar-refractivity contribution in [3.63, 3.8) is 0 Å². The van der Waals surface area contributed by atoms with Crippen molar-refractivity contribution in [3.8, 4) is 0 Å². The second-order valence-corrected chi connectivity index (χ2v) is 5.13. The molecule has 1 aliphatic rings. The molecule has 1 fully saturated rings. The van der Waals surface area contributed by atoms with Crippen LogP contribution >= 0.6 is 0 Å². The van der Waals surface area contributed by atoms with Crippen LogP contribution in [0.4, 0.5) is 10.1 Å². The van der Waals surface area contributed by atoms with Crippen LogP contribution in [0.2, 0.25) is 0 Å². The number of aliphatic hydroxyl groups is 1. The molecule has 1 atom stereocenters. The van der Waals surface area contributed by atoms with E-state index in [1.165, 1.54) is 44.2 Å². The molecule has 0 unspecified atom stereocenters. The van der Waals surface area contributed by atoms with Gasteiger partial charge in [0.05, 0.1) is 6.10 Å². The Morgan fingerprint density at radius 2 is 1.72 bits per heavy atom. The highest BCUT2D eigenvalue weighted by Crippen LogP contribution is 2.28. The standard InChI is InChI=1S/C15H22FNO/c1-12(18)14-11-13(16)7-8-15(14)17-9-5-3-2-4-6-10-17/h7-8,11-12,18H,2-6,9-10H2,1H3/t12-/m1/s1. The lowest BCUT2D eigenvalue weighted by atomic mass is 10.0. The van der Waals surface area contributed by atoms with Crippen LogP contribution in [0.5, 0.6) is 0 Å². The molecular formula is C15H22FNO. The van der Waals surface area contributed by atoms with Crippen molar-refractivity contribution in [1.82, 2.24) is 0 Å². The van der Waals surface area contributed by atoms with Crippen LogP contribution < -0.4 is 4.90 Å². The average molecular weight is 251 g/mol. The summed E-state index contributed by atoms with van der Waals surface area (Å²) in [6.07, 6.45) is 5.58. The Morgan fingerprint density at radius 3 is 2.33 bits per heavy atom. The Labute approximate surface area is 108 Å². The summed E-state index contributed by atoms with van der Waals surface area (Å²) in [6.45, 7) is 3.71. The number of aliphatic hydroxyl groups excluding tert-OH is 1. The number of hydrogen-bond donors (Lipinski definition) is 1. The van der Waals surface area contributed by atoms with Gasteiger partial charge in [0.2, 0.25) is 0 Å². The maximum atomic E-state index is 13.3. The number of benzene rings is 1. The monoisotopic (exact) mass is 251 g/mol. The molecule has 1 N–H and O–H groups in total. The molecule has 1 heterocycles. The van der Waals surface area contributed by atoms with Crippen LogP contribution in [-0.4, -0.2) is 18.2 Å². The van der Waals surface area contributed by atoms with Crippen molar-refractivity contribution >= 4 is 5.69 Å². The minimum absolute atomic E-state index is 0.276. The molecule has 0 saturated carbocycles. The molecule has 3 heteroatoms. The van der Waals surface area contributed by atoms with Crippen molar-refractivity contribution in [3.05, 3.63) is 29.6 Å². The first kappa shape index (κ1) is 13.3. The Kier molecular flexibility index (Phi) is 4.59. The lowest BCUT2D eigenvalue weighted by Crippen LogP contribution is -2.28. The minimum Gasteiger partial charge on any atom is -0.389 e. The van der Waals surface area contributed by atoms with E-state index in [1.807, 2.05) is 0 Å². The van der Waals surface area contributed by atoms with E-state index >= 15 is 0 Å². The second kappa shape index (κ2) is 6.19. The van der Waals surface area contributed by atoms with Crippen LogP contribution in [0, 0.1) is 5.82 Å². The first-order valence-corrected chi connectivity index (χ1v) is 6.91. The summed E-state index contributed by atoms with van der Waals surface area (Å²) in [5, 5.41) is 9.79. The summed E-state index contributed by atoms with van der Waals surface area (Å²) < 4.78 is 13.3. The normalized spacial score (nSPS) is 19.2. The molecule has 0 aromatic heterocycles. The highest BCUT2D eigenvalue weighted by atomic mass is 19.1. The number of halogens is 1. The van der Waals surface area contributed by atoms with Gasteiger partial charge in [-0.1, -0.05) is 19.3 Å². The lowest BCUT2D eigenvalue weighted by molar-refractivity contribution is 0.199. The van der Waals surface area contributed by atoms with E-state index in [0.29, 0.717) is 5.56 Å². The predicted octanol–water partition coefficient (Wildman–Crippen LogP) is 3.65. The third kappa shape index (κ3) is 3.22. The molecule has 2 rings (SSSR count). The molecule has 2 nitrogen and oxygen atoms in total. The van der Waals surface area contributed by atoms with Gasteiger partial charge in [-0.25, -0.2) is 4.39 Å². The summed E-state index contributed by atoms with van der Waals surface area (Å²) in [5.41, 5.74) is 1.70. The Morgan fingerprint density at radius 1 is 1.11 bits per heavy atom. The van der Waals surface area contributed by atoms with Crippen LogP contribution in [0.25, 0.3) is 0 Å². The summed E-state index contributed by atoms with van der Waals surface area (Å²) in [6, 6.07) is 4.75. The average Bonchev–Trinajstić information content (AvgIpc) is 2.29. The van der Waals surface area contributed by atoms with Gasteiger partial charge in [-0.05, 0) is 38.0 Å².